The molecule has 1 rings (SSSR count). The van der Waals surface area contributed by atoms with E-state index in [1.54, 1.807) is 4.90 Å². The molecule has 154 valence electrons. The van der Waals surface area contributed by atoms with Crippen LogP contribution in [-0.4, -0.2) is 48.1 Å². The van der Waals surface area contributed by atoms with Crippen LogP contribution in [0, 0.1) is 17.8 Å². The van der Waals surface area contributed by atoms with E-state index in [1.807, 2.05) is 0 Å². The molecule has 0 spiro atoms. The lowest BCUT2D eigenvalue weighted by Gasteiger charge is -2.31. The van der Waals surface area contributed by atoms with E-state index in [0.717, 1.165) is 37.5 Å². The zero-order valence-electron chi connectivity index (χ0n) is 17.7. The van der Waals surface area contributed by atoms with Crippen molar-refractivity contribution in [1.82, 2.24) is 10.2 Å². The highest BCUT2D eigenvalue weighted by atomic mass is 16.3. The summed E-state index contributed by atoms with van der Waals surface area (Å²) in [5.74, 6) is 1.85. The first-order chi connectivity index (χ1) is 12.3. The first kappa shape index (κ1) is 24.9. The maximum Gasteiger partial charge on any atom is 0.241 e. The Hall–Kier alpha value is -1.10. The SMILES string of the molecule is CC(C)C.CC(C)CCCCCC(=O)NCC(=O)N1CCC(CO)CC1. The van der Waals surface area contributed by atoms with Gasteiger partial charge in [0.25, 0.3) is 0 Å². The summed E-state index contributed by atoms with van der Waals surface area (Å²) in [6, 6.07) is 0. The molecule has 0 aromatic rings. The summed E-state index contributed by atoms with van der Waals surface area (Å²) in [5, 5.41) is 11.8. The van der Waals surface area contributed by atoms with Crippen LogP contribution in [0.4, 0.5) is 0 Å². The third-order valence-electron chi connectivity index (χ3n) is 4.35. The second-order valence-corrected chi connectivity index (χ2v) is 8.51. The summed E-state index contributed by atoms with van der Waals surface area (Å²) in [6.07, 6.45) is 6.58. The molecule has 0 aromatic heterocycles. The molecule has 0 saturated carbocycles. The Balaban J connectivity index is 0.00000141. The molecule has 5 heteroatoms. The van der Waals surface area contributed by atoms with Crippen LogP contribution < -0.4 is 5.32 Å². The standard InChI is InChI=1S/C17H32N2O3.C4H10/c1-14(2)6-4-3-5-7-16(21)18-12-17(22)19-10-8-15(13-20)9-11-19;1-4(2)3/h14-15,20H,3-13H2,1-2H3,(H,18,21);4H,1-3H3. The van der Waals surface area contributed by atoms with Crippen molar-refractivity contribution in [2.24, 2.45) is 17.8 Å². The smallest absolute Gasteiger partial charge is 0.241 e. The fourth-order valence-corrected chi connectivity index (χ4v) is 2.75. The Bertz CT molecular complexity index is 373. The predicted octanol–water partition coefficient (Wildman–Crippen LogP) is 3.60. The zero-order valence-corrected chi connectivity index (χ0v) is 17.7. The summed E-state index contributed by atoms with van der Waals surface area (Å²) in [7, 11) is 0. The average Bonchev–Trinajstić information content (AvgIpc) is 2.58. The van der Waals surface area contributed by atoms with Crippen molar-refractivity contribution in [3.63, 3.8) is 0 Å². The molecule has 1 fully saturated rings. The van der Waals surface area contributed by atoms with Crippen molar-refractivity contribution in [1.29, 1.82) is 0 Å². The second-order valence-electron chi connectivity index (χ2n) is 8.51. The van der Waals surface area contributed by atoms with Crippen LogP contribution in [-0.2, 0) is 9.59 Å². The van der Waals surface area contributed by atoms with Gasteiger partial charge in [-0.1, -0.05) is 53.9 Å². The molecule has 2 N–H and O–H groups in total. The number of nitrogens with one attached hydrogen (secondary N) is 1. The van der Waals surface area contributed by atoms with Crippen LogP contribution in [0.25, 0.3) is 0 Å². The third-order valence-corrected chi connectivity index (χ3v) is 4.35. The molecule has 1 aliphatic heterocycles. The molecule has 0 radical (unpaired) electrons. The Morgan fingerprint density at radius 2 is 1.62 bits per heavy atom. The third kappa shape index (κ3) is 14.1. The lowest BCUT2D eigenvalue weighted by atomic mass is 9.98. The molecule has 1 heterocycles. The first-order valence-corrected chi connectivity index (χ1v) is 10.4. The van der Waals surface area contributed by atoms with Gasteiger partial charge in [-0.15, -0.1) is 0 Å². The van der Waals surface area contributed by atoms with Crippen molar-refractivity contribution >= 4 is 11.8 Å². The number of likely N-dealkylation sites (tertiary alicyclic amines) is 1. The fourth-order valence-electron chi connectivity index (χ4n) is 2.75. The molecule has 0 aromatic carbocycles. The van der Waals surface area contributed by atoms with Crippen molar-refractivity contribution < 1.29 is 14.7 Å². The average molecular weight is 371 g/mol. The predicted molar refractivity (Wildman–Crippen MR) is 108 cm³/mol. The number of hydrogen-bond donors (Lipinski definition) is 2. The van der Waals surface area contributed by atoms with E-state index >= 15 is 0 Å². The molecule has 5 nitrogen and oxygen atoms in total. The molecule has 26 heavy (non-hydrogen) atoms. The number of aliphatic hydroxyl groups excluding tert-OH is 1. The summed E-state index contributed by atoms with van der Waals surface area (Å²) in [5.41, 5.74) is 0. The highest BCUT2D eigenvalue weighted by molar-refractivity contribution is 5.84. The largest absolute Gasteiger partial charge is 0.396 e. The first-order valence-electron chi connectivity index (χ1n) is 10.4. The summed E-state index contributed by atoms with van der Waals surface area (Å²) in [4.78, 5) is 25.5. The van der Waals surface area contributed by atoms with Crippen LogP contribution in [0.2, 0.25) is 0 Å². The maximum atomic E-state index is 12.0. The molecule has 1 aliphatic rings. The van der Waals surface area contributed by atoms with Crippen LogP contribution in [0.5, 0.6) is 0 Å². The minimum absolute atomic E-state index is 0.00968. The van der Waals surface area contributed by atoms with Crippen molar-refractivity contribution in [2.45, 2.75) is 79.6 Å². The number of nitrogens with zero attached hydrogens (tertiary/aromatic N) is 1. The van der Waals surface area contributed by atoms with Gasteiger partial charge in [-0.25, -0.2) is 0 Å². The van der Waals surface area contributed by atoms with E-state index in [-0.39, 0.29) is 25.0 Å². The molecule has 0 atom stereocenters. The van der Waals surface area contributed by atoms with Gasteiger partial charge in [-0.2, -0.15) is 0 Å². The molecule has 0 bridgehead atoms. The highest BCUT2D eigenvalue weighted by Gasteiger charge is 2.22. The Morgan fingerprint density at radius 3 is 2.12 bits per heavy atom. The van der Waals surface area contributed by atoms with E-state index in [1.165, 1.54) is 12.8 Å². The number of hydrogen-bond acceptors (Lipinski definition) is 3. The quantitative estimate of drug-likeness (QED) is 0.609. The van der Waals surface area contributed by atoms with E-state index in [4.69, 9.17) is 5.11 Å². The number of piperidine rings is 1. The Kier molecular flexibility index (Phi) is 14.4. The summed E-state index contributed by atoms with van der Waals surface area (Å²) >= 11 is 0. The van der Waals surface area contributed by atoms with Gasteiger partial charge >= 0.3 is 0 Å². The van der Waals surface area contributed by atoms with Crippen LogP contribution >= 0.6 is 0 Å². The van der Waals surface area contributed by atoms with Crippen molar-refractivity contribution in [3.05, 3.63) is 0 Å². The Morgan fingerprint density at radius 1 is 1.04 bits per heavy atom. The van der Waals surface area contributed by atoms with Gasteiger partial charge in [0.15, 0.2) is 0 Å². The van der Waals surface area contributed by atoms with Gasteiger partial charge in [0.1, 0.15) is 0 Å². The van der Waals surface area contributed by atoms with Gasteiger partial charge in [-0.3, -0.25) is 9.59 Å². The van der Waals surface area contributed by atoms with E-state index < -0.39 is 0 Å². The van der Waals surface area contributed by atoms with E-state index in [2.05, 4.69) is 39.9 Å². The van der Waals surface area contributed by atoms with Crippen molar-refractivity contribution in [2.75, 3.05) is 26.2 Å². The molecule has 2 amide bonds. The molecular weight excluding hydrogens is 328 g/mol. The minimum atomic E-state index is -0.0249. The van der Waals surface area contributed by atoms with Gasteiger partial charge in [0, 0.05) is 26.1 Å². The lowest BCUT2D eigenvalue weighted by molar-refractivity contribution is -0.134. The number of rotatable bonds is 9. The normalized spacial score (nSPS) is 15.0. The number of aliphatic hydroxyl groups is 1. The van der Waals surface area contributed by atoms with E-state index in [0.29, 0.717) is 25.4 Å². The number of carbonyl (C=O) groups is 2. The molecule has 0 aliphatic carbocycles. The van der Waals surface area contributed by atoms with E-state index in [9.17, 15) is 9.59 Å². The van der Waals surface area contributed by atoms with Gasteiger partial charge in [0.05, 0.1) is 6.54 Å². The van der Waals surface area contributed by atoms with Gasteiger partial charge < -0.3 is 15.3 Å². The number of amides is 2. The van der Waals surface area contributed by atoms with Gasteiger partial charge in [-0.05, 0) is 37.0 Å². The summed E-state index contributed by atoms with van der Waals surface area (Å²) < 4.78 is 0. The minimum Gasteiger partial charge on any atom is -0.396 e. The summed E-state index contributed by atoms with van der Waals surface area (Å²) in [6.45, 7) is 12.6. The Labute approximate surface area is 160 Å². The molecule has 0 unspecified atom stereocenters. The lowest BCUT2D eigenvalue weighted by Crippen LogP contribution is -2.44. The molecule has 1 saturated heterocycles. The second kappa shape index (κ2) is 15.0. The van der Waals surface area contributed by atoms with Crippen LogP contribution in [0.15, 0.2) is 0 Å². The van der Waals surface area contributed by atoms with Crippen molar-refractivity contribution in [3.8, 4) is 0 Å². The van der Waals surface area contributed by atoms with Gasteiger partial charge in [0.2, 0.25) is 11.8 Å². The number of carbonyl (C=O) groups excluding carboxylic acids is 2. The fraction of sp³-hybridized carbons (Fsp3) is 0.905. The zero-order chi connectivity index (χ0) is 19.9. The topological polar surface area (TPSA) is 69.6 Å². The van der Waals surface area contributed by atoms with Crippen LogP contribution in [0.3, 0.4) is 0 Å². The number of unbranched alkanes of at least 4 members (excludes halogenated alkanes) is 2. The molecular formula is C21H42N2O3. The highest BCUT2D eigenvalue weighted by Crippen LogP contribution is 2.16. The van der Waals surface area contributed by atoms with Crippen LogP contribution in [0.1, 0.15) is 79.6 Å². The maximum absolute atomic E-state index is 12.0. The monoisotopic (exact) mass is 370 g/mol.